The third kappa shape index (κ3) is 9.73. The molecule has 4 rings (SSSR count). The Balaban J connectivity index is 1.55. The van der Waals surface area contributed by atoms with E-state index in [0.717, 1.165) is 0 Å². The van der Waals surface area contributed by atoms with Crippen LogP contribution in [0, 0.1) is 6.92 Å². The van der Waals surface area contributed by atoms with E-state index in [1.807, 2.05) is 0 Å². The second-order valence-electron chi connectivity index (χ2n) is 12.0. The number of guanidine groups is 1. The first kappa shape index (κ1) is 37.2. The summed E-state index contributed by atoms with van der Waals surface area (Å²) < 4.78 is 5.22. The maximum atomic E-state index is 13.9. The molecule has 5 amide bonds. The average Bonchev–Trinajstić information content (AvgIpc) is 3.58. The molecular formula is C34H42N8O8. The highest BCUT2D eigenvalue weighted by molar-refractivity contribution is 6.08. The molecule has 3 aromatic rings. The lowest BCUT2D eigenvalue weighted by Crippen LogP contribution is -2.58. The molecule has 0 radical (unpaired) electrons. The molecule has 1 fully saturated rings. The summed E-state index contributed by atoms with van der Waals surface area (Å²) in [6, 6.07) is 10.0. The Hall–Kier alpha value is -5.61. The number of amides is 5. The van der Waals surface area contributed by atoms with E-state index in [1.165, 1.54) is 23.1 Å². The number of carbonyl (C=O) groups excluding carboxylic acids is 5. The summed E-state index contributed by atoms with van der Waals surface area (Å²) in [6.45, 7) is 1.52. The van der Waals surface area contributed by atoms with Gasteiger partial charge in [-0.3, -0.25) is 34.3 Å². The Bertz CT molecular complexity index is 1810. The second-order valence-corrected chi connectivity index (χ2v) is 12.0. The van der Waals surface area contributed by atoms with Gasteiger partial charge in [0.2, 0.25) is 23.6 Å². The number of nitrogens with zero attached hydrogens (tertiary/aromatic N) is 2. The minimum atomic E-state index is -1.26. The van der Waals surface area contributed by atoms with Gasteiger partial charge in [0.1, 0.15) is 29.8 Å². The van der Waals surface area contributed by atoms with Crippen molar-refractivity contribution in [3.05, 3.63) is 81.7 Å². The fraction of sp³-hybridized carbons (Fsp3) is 0.382. The number of hydrogen-bond acceptors (Lipinski definition) is 10. The molecule has 266 valence electrons. The molecule has 1 aliphatic heterocycles. The molecule has 4 atom stereocenters. The minimum absolute atomic E-state index is 0.0172. The normalized spacial score (nSPS) is 15.8. The van der Waals surface area contributed by atoms with Gasteiger partial charge in [0, 0.05) is 36.5 Å². The van der Waals surface area contributed by atoms with E-state index in [-0.39, 0.29) is 49.5 Å². The van der Waals surface area contributed by atoms with E-state index in [0.29, 0.717) is 29.4 Å². The molecule has 0 aliphatic carbocycles. The molecule has 0 bridgehead atoms. The highest BCUT2D eigenvalue weighted by Gasteiger charge is 2.38. The number of aryl methyl sites for hydroxylation is 1. The summed E-state index contributed by atoms with van der Waals surface area (Å²) in [5.41, 5.74) is 17.5. The molecule has 1 saturated heterocycles. The van der Waals surface area contributed by atoms with Crippen LogP contribution in [0.1, 0.15) is 47.2 Å². The first-order chi connectivity index (χ1) is 23.9. The number of nitrogens with one attached hydrogen (secondary N) is 3. The van der Waals surface area contributed by atoms with Crippen molar-refractivity contribution in [1.29, 1.82) is 0 Å². The first-order valence-corrected chi connectivity index (χ1v) is 16.1. The maximum Gasteiger partial charge on any atom is 0.336 e. The van der Waals surface area contributed by atoms with Crippen LogP contribution in [0.15, 0.2) is 68.8 Å². The van der Waals surface area contributed by atoms with Gasteiger partial charge in [0.15, 0.2) is 5.96 Å². The number of fused-ring (bicyclic) bond motifs is 1. The van der Waals surface area contributed by atoms with E-state index in [1.54, 1.807) is 43.3 Å². The fourth-order valence-electron chi connectivity index (χ4n) is 5.70. The van der Waals surface area contributed by atoms with Crippen LogP contribution in [-0.4, -0.2) is 89.4 Å². The predicted octanol–water partition coefficient (Wildman–Crippen LogP) is -1.07. The monoisotopic (exact) mass is 690 g/mol. The van der Waals surface area contributed by atoms with Crippen LogP contribution in [0.5, 0.6) is 0 Å². The molecule has 2 heterocycles. The summed E-state index contributed by atoms with van der Waals surface area (Å²) in [5.74, 6) is -3.70. The van der Waals surface area contributed by atoms with E-state index in [9.17, 15) is 33.9 Å². The van der Waals surface area contributed by atoms with Crippen molar-refractivity contribution in [1.82, 2.24) is 20.9 Å². The van der Waals surface area contributed by atoms with Crippen LogP contribution in [0.2, 0.25) is 0 Å². The zero-order valence-electron chi connectivity index (χ0n) is 27.6. The van der Waals surface area contributed by atoms with Crippen molar-refractivity contribution in [3.63, 3.8) is 0 Å². The predicted molar refractivity (Wildman–Crippen MR) is 183 cm³/mol. The SMILES string of the molecule is Cc1cc(=O)oc2cc(C(=O)NC(=O)[C@H](CCCN=C(N)N)NC(=O)[C@H](Cc3ccccc3)NC(=O)[C@@H]3CCCN3C(=O)[C@H](N)CO)ccc12. The van der Waals surface area contributed by atoms with Crippen molar-refractivity contribution in [2.75, 3.05) is 19.7 Å². The van der Waals surface area contributed by atoms with Gasteiger partial charge in [0.25, 0.3) is 5.91 Å². The van der Waals surface area contributed by atoms with E-state index in [4.69, 9.17) is 21.6 Å². The molecule has 0 saturated carbocycles. The number of carbonyl (C=O) groups is 5. The lowest BCUT2D eigenvalue weighted by atomic mass is 10.0. The molecule has 2 aromatic carbocycles. The third-order valence-corrected chi connectivity index (χ3v) is 8.30. The Labute approximate surface area is 287 Å². The molecule has 16 nitrogen and oxygen atoms in total. The van der Waals surface area contributed by atoms with Crippen molar-refractivity contribution >= 4 is 46.5 Å². The van der Waals surface area contributed by atoms with Crippen LogP contribution in [0.4, 0.5) is 0 Å². The largest absolute Gasteiger partial charge is 0.423 e. The lowest BCUT2D eigenvalue weighted by molar-refractivity contribution is -0.141. The van der Waals surface area contributed by atoms with Crippen LogP contribution in [0.25, 0.3) is 11.0 Å². The van der Waals surface area contributed by atoms with Gasteiger partial charge in [0.05, 0.1) is 6.61 Å². The van der Waals surface area contributed by atoms with Gasteiger partial charge in [-0.1, -0.05) is 36.4 Å². The number of hydrogen-bond donors (Lipinski definition) is 7. The number of imide groups is 1. The highest BCUT2D eigenvalue weighted by atomic mass is 16.4. The molecular weight excluding hydrogens is 648 g/mol. The Morgan fingerprint density at radius 2 is 1.76 bits per heavy atom. The molecule has 1 aromatic heterocycles. The Kier molecular flexibility index (Phi) is 12.8. The molecule has 10 N–H and O–H groups in total. The smallest absolute Gasteiger partial charge is 0.336 e. The van der Waals surface area contributed by atoms with Crippen molar-refractivity contribution < 1.29 is 33.5 Å². The van der Waals surface area contributed by atoms with Gasteiger partial charge in [-0.15, -0.1) is 0 Å². The van der Waals surface area contributed by atoms with Crippen LogP contribution in [0.3, 0.4) is 0 Å². The standard InChI is InChI=1S/C34H42N8O8/c1-19-15-28(44)50-27-17-21(11-12-22(19)27)29(45)41-30(46)24(9-5-13-38-34(36)37)39-31(47)25(16-20-7-3-2-4-8-20)40-32(48)26-10-6-14-42(26)33(49)23(35)18-43/h2-4,7-8,11-12,15,17,23-26,43H,5-6,9-10,13-14,16,18,35H2,1H3,(H,39,47)(H,40,48)(H4,36,37,38)(H,41,45,46)/t23-,24+,25+,26+/m1/s1. The zero-order valence-corrected chi connectivity index (χ0v) is 27.6. The molecule has 0 spiro atoms. The minimum Gasteiger partial charge on any atom is -0.423 e. The number of aliphatic hydroxyl groups excluding tert-OH is 1. The molecule has 50 heavy (non-hydrogen) atoms. The Morgan fingerprint density at radius 3 is 2.46 bits per heavy atom. The van der Waals surface area contributed by atoms with Gasteiger partial charge in [-0.05, 0) is 55.9 Å². The topological polar surface area (TPSA) is 266 Å². The molecule has 1 aliphatic rings. The lowest BCUT2D eigenvalue weighted by Gasteiger charge is -2.28. The first-order valence-electron chi connectivity index (χ1n) is 16.1. The van der Waals surface area contributed by atoms with Crippen LogP contribution in [-0.2, 0) is 25.6 Å². The van der Waals surface area contributed by atoms with E-state index in [2.05, 4.69) is 20.9 Å². The van der Waals surface area contributed by atoms with Gasteiger partial charge < -0.3 is 42.3 Å². The number of aliphatic imine (C=N–C) groups is 1. The van der Waals surface area contributed by atoms with Gasteiger partial charge in [-0.25, -0.2) is 4.79 Å². The summed E-state index contributed by atoms with van der Waals surface area (Å²) >= 11 is 0. The Morgan fingerprint density at radius 1 is 1.02 bits per heavy atom. The number of likely N-dealkylation sites (tertiary alicyclic amines) is 1. The van der Waals surface area contributed by atoms with Crippen LogP contribution >= 0.6 is 0 Å². The van der Waals surface area contributed by atoms with Crippen LogP contribution < -0.4 is 38.8 Å². The van der Waals surface area contributed by atoms with E-state index < -0.39 is 65.9 Å². The average molecular weight is 691 g/mol. The summed E-state index contributed by atoms with van der Waals surface area (Å²) in [4.78, 5) is 83.9. The summed E-state index contributed by atoms with van der Waals surface area (Å²) in [5, 5.41) is 17.7. The molecule has 16 heteroatoms. The number of rotatable bonds is 14. The summed E-state index contributed by atoms with van der Waals surface area (Å²) in [7, 11) is 0. The van der Waals surface area contributed by atoms with Crippen molar-refractivity contribution in [2.24, 2.45) is 22.2 Å². The van der Waals surface area contributed by atoms with Crippen molar-refractivity contribution in [2.45, 2.75) is 63.2 Å². The second kappa shape index (κ2) is 17.2. The summed E-state index contributed by atoms with van der Waals surface area (Å²) in [6.07, 6.45) is 1.14. The number of benzene rings is 2. The van der Waals surface area contributed by atoms with Gasteiger partial charge >= 0.3 is 5.63 Å². The van der Waals surface area contributed by atoms with E-state index >= 15 is 0 Å². The third-order valence-electron chi connectivity index (χ3n) is 8.30. The number of aliphatic hydroxyl groups is 1. The highest BCUT2D eigenvalue weighted by Crippen LogP contribution is 2.20. The number of nitrogens with two attached hydrogens (primary N) is 3. The zero-order chi connectivity index (χ0) is 36.4. The molecule has 0 unspecified atom stereocenters. The maximum absolute atomic E-state index is 13.9. The van der Waals surface area contributed by atoms with Gasteiger partial charge in [-0.2, -0.15) is 0 Å². The van der Waals surface area contributed by atoms with Crippen molar-refractivity contribution in [3.8, 4) is 0 Å². The fourth-order valence-corrected chi connectivity index (χ4v) is 5.70. The quantitative estimate of drug-likeness (QED) is 0.0464.